The summed E-state index contributed by atoms with van der Waals surface area (Å²) in [5.74, 6) is -1.27. The Morgan fingerprint density at radius 2 is 1.94 bits per heavy atom. The zero-order valence-corrected chi connectivity index (χ0v) is 11.8. The number of hydrogen-bond donors (Lipinski definition) is 2. The highest BCUT2D eigenvalue weighted by Crippen LogP contribution is 2.23. The Morgan fingerprint density at radius 3 is 2.47 bits per heavy atom. The molecule has 0 heterocycles. The second-order valence-corrected chi connectivity index (χ2v) is 5.56. The number of halogens is 1. The number of amides is 1. The molecular weight excluding hydrogens is 333 g/mol. The summed E-state index contributed by atoms with van der Waals surface area (Å²) in [4.78, 5) is 22.6. The minimum absolute atomic E-state index is 0.0483. The van der Waals surface area contributed by atoms with E-state index >= 15 is 0 Å². The molecule has 1 aromatic rings. The normalized spacial score (nSPS) is 11.0. The number of para-hydroxylation sites is 1. The van der Waals surface area contributed by atoms with Crippen molar-refractivity contribution in [3.8, 4) is 0 Å². The maximum atomic E-state index is 11.7. The van der Waals surface area contributed by atoms with Gasteiger partial charge in [0.05, 0.1) is 11.1 Å². The van der Waals surface area contributed by atoms with E-state index in [1.165, 1.54) is 13.8 Å². The van der Waals surface area contributed by atoms with Gasteiger partial charge in [-0.15, -0.1) is 0 Å². The summed E-state index contributed by atoms with van der Waals surface area (Å²) >= 11 is 2.11. The molecule has 1 aromatic carbocycles. The molecular formula is C12H14INO3. The van der Waals surface area contributed by atoms with E-state index in [1.54, 1.807) is 6.07 Å². The number of benzene rings is 1. The first kappa shape index (κ1) is 14.0. The Labute approximate surface area is 114 Å². The van der Waals surface area contributed by atoms with Crippen molar-refractivity contribution < 1.29 is 14.7 Å². The molecule has 0 aromatic heterocycles. The lowest BCUT2D eigenvalue weighted by atomic mass is 9.89. The average molecular weight is 347 g/mol. The molecule has 0 aliphatic carbocycles. The second-order valence-electron chi connectivity index (χ2n) is 4.39. The van der Waals surface area contributed by atoms with Crippen LogP contribution in [0.5, 0.6) is 0 Å². The van der Waals surface area contributed by atoms with E-state index in [9.17, 15) is 9.59 Å². The lowest BCUT2D eigenvalue weighted by Gasteiger charge is -2.18. The molecule has 0 unspecified atom stereocenters. The number of carbonyl (C=O) groups excluding carboxylic acids is 1. The first-order valence-corrected chi connectivity index (χ1v) is 6.18. The van der Waals surface area contributed by atoms with E-state index in [1.807, 2.05) is 18.2 Å². The fraction of sp³-hybridized carbons (Fsp3) is 0.333. The number of anilines is 1. The van der Waals surface area contributed by atoms with Gasteiger partial charge in [-0.25, -0.2) is 0 Å². The van der Waals surface area contributed by atoms with Gasteiger partial charge >= 0.3 is 5.97 Å². The van der Waals surface area contributed by atoms with Crippen molar-refractivity contribution in [2.45, 2.75) is 20.3 Å². The molecule has 0 atom stereocenters. The van der Waals surface area contributed by atoms with Gasteiger partial charge in [0.25, 0.3) is 0 Å². The Hall–Kier alpha value is -1.11. The van der Waals surface area contributed by atoms with Crippen LogP contribution in [0.4, 0.5) is 5.69 Å². The molecule has 92 valence electrons. The minimum Gasteiger partial charge on any atom is -0.481 e. The lowest BCUT2D eigenvalue weighted by Crippen LogP contribution is -2.29. The Morgan fingerprint density at radius 1 is 1.35 bits per heavy atom. The number of nitrogens with one attached hydrogen (secondary N) is 1. The molecule has 0 fully saturated rings. The molecule has 0 radical (unpaired) electrons. The van der Waals surface area contributed by atoms with Crippen molar-refractivity contribution in [3.63, 3.8) is 0 Å². The summed E-state index contributed by atoms with van der Waals surface area (Å²) < 4.78 is 0.923. The van der Waals surface area contributed by atoms with Gasteiger partial charge in [-0.3, -0.25) is 9.59 Å². The van der Waals surface area contributed by atoms with Crippen LogP contribution in [-0.4, -0.2) is 17.0 Å². The van der Waals surface area contributed by atoms with Crippen molar-refractivity contribution in [3.05, 3.63) is 27.8 Å². The van der Waals surface area contributed by atoms with E-state index in [2.05, 4.69) is 27.9 Å². The van der Waals surface area contributed by atoms with Crippen LogP contribution >= 0.6 is 22.6 Å². The standard InChI is InChI=1S/C12H14INO3/c1-12(2,11(16)17)7-10(15)14-9-6-4-3-5-8(9)13/h3-6H,7H2,1-2H3,(H,14,15)(H,16,17). The summed E-state index contributed by atoms with van der Waals surface area (Å²) in [7, 11) is 0. The summed E-state index contributed by atoms with van der Waals surface area (Å²) in [5, 5.41) is 11.6. The van der Waals surface area contributed by atoms with Crippen LogP contribution in [0.15, 0.2) is 24.3 Å². The molecule has 0 aliphatic heterocycles. The Bertz CT molecular complexity index is 443. The van der Waals surface area contributed by atoms with Crippen molar-refractivity contribution in [1.82, 2.24) is 0 Å². The van der Waals surface area contributed by atoms with E-state index < -0.39 is 11.4 Å². The van der Waals surface area contributed by atoms with Gasteiger partial charge in [0.15, 0.2) is 0 Å². The van der Waals surface area contributed by atoms with Crippen LogP contribution in [0.3, 0.4) is 0 Å². The van der Waals surface area contributed by atoms with Gasteiger partial charge < -0.3 is 10.4 Å². The first-order valence-electron chi connectivity index (χ1n) is 5.11. The first-order chi connectivity index (χ1) is 7.83. The molecule has 17 heavy (non-hydrogen) atoms. The average Bonchev–Trinajstić information content (AvgIpc) is 2.20. The van der Waals surface area contributed by atoms with E-state index in [-0.39, 0.29) is 12.3 Å². The third kappa shape index (κ3) is 3.99. The van der Waals surface area contributed by atoms with E-state index in [0.29, 0.717) is 5.69 Å². The van der Waals surface area contributed by atoms with E-state index in [4.69, 9.17) is 5.11 Å². The van der Waals surface area contributed by atoms with Crippen molar-refractivity contribution in [2.24, 2.45) is 5.41 Å². The molecule has 4 nitrogen and oxygen atoms in total. The van der Waals surface area contributed by atoms with Crippen LogP contribution in [0, 0.1) is 8.99 Å². The maximum absolute atomic E-state index is 11.7. The topological polar surface area (TPSA) is 66.4 Å². The molecule has 1 amide bonds. The van der Waals surface area contributed by atoms with Gasteiger partial charge in [0.1, 0.15) is 0 Å². The molecule has 0 bridgehead atoms. The number of carbonyl (C=O) groups is 2. The molecule has 1 rings (SSSR count). The lowest BCUT2D eigenvalue weighted by molar-refractivity contribution is -0.148. The van der Waals surface area contributed by atoms with Crippen LogP contribution in [0.1, 0.15) is 20.3 Å². The molecule has 0 spiro atoms. The number of aliphatic carboxylic acids is 1. The van der Waals surface area contributed by atoms with Crippen LogP contribution in [0.2, 0.25) is 0 Å². The van der Waals surface area contributed by atoms with Crippen LogP contribution in [0.25, 0.3) is 0 Å². The zero-order chi connectivity index (χ0) is 13.1. The Kier molecular flexibility index (Phi) is 4.50. The Balaban J connectivity index is 2.69. The van der Waals surface area contributed by atoms with E-state index in [0.717, 1.165) is 3.57 Å². The van der Waals surface area contributed by atoms with Gasteiger partial charge in [-0.1, -0.05) is 12.1 Å². The van der Waals surface area contributed by atoms with Crippen LogP contribution in [-0.2, 0) is 9.59 Å². The maximum Gasteiger partial charge on any atom is 0.309 e. The number of hydrogen-bond acceptors (Lipinski definition) is 2. The highest BCUT2D eigenvalue weighted by molar-refractivity contribution is 14.1. The fourth-order valence-corrected chi connectivity index (χ4v) is 1.76. The molecule has 0 saturated heterocycles. The van der Waals surface area contributed by atoms with Gasteiger partial charge in [-0.2, -0.15) is 0 Å². The summed E-state index contributed by atoms with van der Waals surface area (Å²) in [6, 6.07) is 7.35. The third-order valence-corrected chi connectivity index (χ3v) is 3.27. The van der Waals surface area contributed by atoms with Gasteiger partial charge in [0, 0.05) is 9.99 Å². The molecule has 0 saturated carbocycles. The van der Waals surface area contributed by atoms with Crippen molar-refractivity contribution >= 4 is 40.2 Å². The van der Waals surface area contributed by atoms with Crippen LogP contribution < -0.4 is 5.32 Å². The summed E-state index contributed by atoms with van der Waals surface area (Å²) in [6.45, 7) is 3.07. The summed E-state index contributed by atoms with van der Waals surface area (Å²) in [5.41, 5.74) is -0.344. The number of rotatable bonds is 4. The predicted molar refractivity (Wildman–Crippen MR) is 73.8 cm³/mol. The summed E-state index contributed by atoms with van der Waals surface area (Å²) in [6.07, 6.45) is -0.0483. The zero-order valence-electron chi connectivity index (χ0n) is 9.66. The highest BCUT2D eigenvalue weighted by atomic mass is 127. The predicted octanol–water partition coefficient (Wildman–Crippen LogP) is 2.73. The fourth-order valence-electron chi connectivity index (χ4n) is 1.23. The second kappa shape index (κ2) is 5.48. The number of carboxylic acids is 1. The largest absolute Gasteiger partial charge is 0.481 e. The molecule has 0 aliphatic rings. The van der Waals surface area contributed by atoms with Crippen molar-refractivity contribution in [1.29, 1.82) is 0 Å². The SMILES string of the molecule is CC(C)(CC(=O)Nc1ccccc1I)C(=O)O. The minimum atomic E-state index is -1.05. The third-order valence-electron chi connectivity index (χ3n) is 2.33. The quantitative estimate of drug-likeness (QED) is 0.823. The van der Waals surface area contributed by atoms with Crippen molar-refractivity contribution in [2.75, 3.05) is 5.32 Å². The molecule has 5 heteroatoms. The molecule has 2 N–H and O–H groups in total. The smallest absolute Gasteiger partial charge is 0.309 e. The van der Waals surface area contributed by atoms with Gasteiger partial charge in [0.2, 0.25) is 5.91 Å². The van der Waals surface area contributed by atoms with Gasteiger partial charge in [-0.05, 0) is 48.6 Å². The monoisotopic (exact) mass is 347 g/mol. The number of carboxylic acid groups (broad SMARTS) is 1. The highest BCUT2D eigenvalue weighted by Gasteiger charge is 2.30.